The lowest BCUT2D eigenvalue weighted by Gasteiger charge is -2.08. The van der Waals surface area contributed by atoms with Crippen molar-refractivity contribution in [3.8, 4) is 11.5 Å². The fourth-order valence-electron chi connectivity index (χ4n) is 1.60. The molecule has 1 heterocycles. The van der Waals surface area contributed by atoms with Gasteiger partial charge in [-0.25, -0.2) is 4.57 Å². The highest BCUT2D eigenvalue weighted by atomic mass is 16.5. The Morgan fingerprint density at radius 1 is 1.31 bits per heavy atom. The van der Waals surface area contributed by atoms with Gasteiger partial charge < -0.3 is 9.84 Å². The highest BCUT2D eigenvalue weighted by molar-refractivity contribution is 5.38. The summed E-state index contributed by atoms with van der Waals surface area (Å²) in [5, 5.41) is 9.68. The number of hydrogen-bond donors (Lipinski definition) is 1. The maximum atomic E-state index is 9.68. The van der Waals surface area contributed by atoms with Gasteiger partial charge in [0, 0.05) is 13.0 Å². The first-order valence-corrected chi connectivity index (χ1v) is 5.97. The van der Waals surface area contributed by atoms with Crippen LogP contribution in [0.15, 0.2) is 12.3 Å². The Hall–Kier alpha value is -1.25. The summed E-state index contributed by atoms with van der Waals surface area (Å²) in [5.74, 6) is 0.840. The van der Waals surface area contributed by atoms with Crippen LogP contribution >= 0.6 is 0 Å². The van der Waals surface area contributed by atoms with Crippen molar-refractivity contribution in [2.45, 2.75) is 39.5 Å². The molecule has 1 aromatic heterocycles. The molecule has 3 heteroatoms. The molecule has 0 aliphatic rings. The van der Waals surface area contributed by atoms with E-state index >= 15 is 0 Å². The van der Waals surface area contributed by atoms with Crippen molar-refractivity contribution < 1.29 is 14.4 Å². The molecule has 0 radical (unpaired) electrons. The third kappa shape index (κ3) is 3.40. The molecule has 0 aliphatic carbocycles. The van der Waals surface area contributed by atoms with Crippen molar-refractivity contribution in [2.75, 3.05) is 6.61 Å². The Morgan fingerprint density at radius 3 is 2.75 bits per heavy atom. The average Bonchev–Trinajstić information content (AvgIpc) is 2.28. The maximum Gasteiger partial charge on any atom is 0.228 e. The van der Waals surface area contributed by atoms with Crippen LogP contribution in [-0.4, -0.2) is 11.7 Å². The number of unbranched alkanes of at least 4 members (excludes halogenated alkanes) is 3. The second kappa shape index (κ2) is 6.36. The van der Waals surface area contributed by atoms with Crippen LogP contribution in [-0.2, 0) is 7.05 Å². The third-order valence-corrected chi connectivity index (χ3v) is 2.79. The molecule has 0 atom stereocenters. The van der Waals surface area contributed by atoms with Crippen molar-refractivity contribution in [3.05, 3.63) is 18.0 Å². The average molecular weight is 224 g/mol. The van der Waals surface area contributed by atoms with E-state index in [4.69, 9.17) is 4.74 Å². The summed E-state index contributed by atoms with van der Waals surface area (Å²) in [5.41, 5.74) is 0.954. The lowest BCUT2D eigenvalue weighted by Crippen LogP contribution is -2.31. The number of pyridine rings is 1. The molecule has 1 N–H and O–H groups in total. The molecule has 0 saturated heterocycles. The summed E-state index contributed by atoms with van der Waals surface area (Å²) in [7, 11) is 1.94. The zero-order valence-electron chi connectivity index (χ0n) is 10.5. The first-order chi connectivity index (χ1) is 7.66. The van der Waals surface area contributed by atoms with E-state index in [1.165, 1.54) is 19.3 Å². The second-order valence-corrected chi connectivity index (χ2v) is 4.14. The highest BCUT2D eigenvalue weighted by Gasteiger charge is 2.14. The van der Waals surface area contributed by atoms with Crippen LogP contribution in [0.25, 0.3) is 0 Å². The number of hydrogen-bond acceptors (Lipinski definition) is 2. The van der Waals surface area contributed by atoms with Gasteiger partial charge in [0.05, 0.1) is 6.61 Å². The predicted octanol–water partition coefficient (Wildman–Crippen LogP) is 2.48. The van der Waals surface area contributed by atoms with E-state index in [0.29, 0.717) is 12.4 Å². The molecule has 3 nitrogen and oxygen atoms in total. The van der Waals surface area contributed by atoms with Crippen molar-refractivity contribution in [2.24, 2.45) is 7.05 Å². The van der Waals surface area contributed by atoms with E-state index in [0.717, 1.165) is 12.1 Å². The van der Waals surface area contributed by atoms with Gasteiger partial charge in [0.1, 0.15) is 7.05 Å². The number of rotatable bonds is 6. The molecule has 0 amide bonds. The van der Waals surface area contributed by atoms with Gasteiger partial charge in [-0.3, -0.25) is 0 Å². The number of nitrogens with zero attached hydrogens (tertiary/aromatic N) is 1. The SMILES string of the molecule is CCCCCCOc1c(O)cc[n+](C)c1C. The minimum Gasteiger partial charge on any atom is -0.504 e. The van der Waals surface area contributed by atoms with Crippen LogP contribution in [0.5, 0.6) is 11.5 Å². The van der Waals surface area contributed by atoms with Gasteiger partial charge in [-0.15, -0.1) is 0 Å². The van der Waals surface area contributed by atoms with Crippen molar-refractivity contribution in [1.82, 2.24) is 0 Å². The first kappa shape index (κ1) is 12.8. The van der Waals surface area contributed by atoms with Gasteiger partial charge in [0.2, 0.25) is 11.4 Å². The molecule has 0 aromatic carbocycles. The Bertz CT molecular complexity index is 337. The second-order valence-electron chi connectivity index (χ2n) is 4.14. The summed E-state index contributed by atoms with van der Waals surface area (Å²) >= 11 is 0. The smallest absolute Gasteiger partial charge is 0.228 e. The van der Waals surface area contributed by atoms with E-state index in [1.807, 2.05) is 24.7 Å². The highest BCUT2D eigenvalue weighted by Crippen LogP contribution is 2.26. The quantitative estimate of drug-likeness (QED) is 0.595. The van der Waals surface area contributed by atoms with Crippen LogP contribution in [0.3, 0.4) is 0 Å². The van der Waals surface area contributed by atoms with E-state index in [1.54, 1.807) is 6.07 Å². The van der Waals surface area contributed by atoms with Crippen LogP contribution < -0.4 is 9.30 Å². The van der Waals surface area contributed by atoms with Crippen LogP contribution in [0.2, 0.25) is 0 Å². The monoisotopic (exact) mass is 224 g/mol. The zero-order chi connectivity index (χ0) is 12.0. The molecule has 90 valence electrons. The van der Waals surface area contributed by atoms with E-state index < -0.39 is 0 Å². The Balaban J connectivity index is 2.50. The van der Waals surface area contributed by atoms with Crippen molar-refractivity contribution in [1.29, 1.82) is 0 Å². The Kier molecular flexibility index (Phi) is 5.09. The van der Waals surface area contributed by atoms with E-state index in [2.05, 4.69) is 6.92 Å². The third-order valence-electron chi connectivity index (χ3n) is 2.79. The topological polar surface area (TPSA) is 33.3 Å². The number of aromatic nitrogens is 1. The lowest BCUT2D eigenvalue weighted by molar-refractivity contribution is -0.678. The minimum atomic E-state index is 0.228. The van der Waals surface area contributed by atoms with Crippen LogP contribution in [0, 0.1) is 6.92 Å². The maximum absolute atomic E-state index is 9.68. The Morgan fingerprint density at radius 2 is 2.06 bits per heavy atom. The lowest BCUT2D eigenvalue weighted by atomic mass is 10.2. The van der Waals surface area contributed by atoms with Gasteiger partial charge in [0.25, 0.3) is 0 Å². The molecule has 0 aliphatic heterocycles. The number of aromatic hydroxyl groups is 1. The van der Waals surface area contributed by atoms with Gasteiger partial charge in [-0.1, -0.05) is 26.2 Å². The molecular formula is C13H22NO2+. The first-order valence-electron chi connectivity index (χ1n) is 5.97. The molecule has 0 saturated carbocycles. The predicted molar refractivity (Wildman–Crippen MR) is 63.7 cm³/mol. The molecular weight excluding hydrogens is 202 g/mol. The zero-order valence-corrected chi connectivity index (χ0v) is 10.5. The molecule has 0 unspecified atom stereocenters. The minimum absolute atomic E-state index is 0.228. The summed E-state index contributed by atoms with van der Waals surface area (Å²) in [6.07, 6.45) is 6.54. The number of aryl methyl sites for hydroxylation is 1. The van der Waals surface area contributed by atoms with E-state index in [-0.39, 0.29) is 5.75 Å². The molecule has 0 spiro atoms. The molecule has 0 fully saturated rings. The summed E-state index contributed by atoms with van der Waals surface area (Å²) in [6.45, 7) is 4.81. The van der Waals surface area contributed by atoms with Gasteiger partial charge in [-0.05, 0) is 6.42 Å². The fraction of sp³-hybridized carbons (Fsp3) is 0.615. The summed E-state index contributed by atoms with van der Waals surface area (Å²) in [4.78, 5) is 0. The van der Waals surface area contributed by atoms with Gasteiger partial charge in [0.15, 0.2) is 11.9 Å². The molecule has 0 bridgehead atoms. The summed E-state index contributed by atoms with van der Waals surface area (Å²) in [6, 6.07) is 1.66. The van der Waals surface area contributed by atoms with Crippen molar-refractivity contribution in [3.63, 3.8) is 0 Å². The summed E-state index contributed by atoms with van der Waals surface area (Å²) < 4.78 is 7.57. The van der Waals surface area contributed by atoms with E-state index in [9.17, 15) is 5.11 Å². The molecule has 16 heavy (non-hydrogen) atoms. The molecule has 1 aromatic rings. The van der Waals surface area contributed by atoms with Gasteiger partial charge in [-0.2, -0.15) is 0 Å². The number of ether oxygens (including phenoxy) is 1. The van der Waals surface area contributed by atoms with Gasteiger partial charge >= 0.3 is 0 Å². The van der Waals surface area contributed by atoms with Crippen LogP contribution in [0.1, 0.15) is 38.3 Å². The fourth-order valence-corrected chi connectivity index (χ4v) is 1.60. The van der Waals surface area contributed by atoms with Crippen molar-refractivity contribution >= 4 is 0 Å². The normalized spacial score (nSPS) is 10.4. The molecule has 1 rings (SSSR count). The standard InChI is InChI=1S/C13H21NO2/c1-4-5-6-7-10-16-13-11(2)14(3)9-8-12(13)15/h8-9H,4-7,10H2,1-3H3/p+1. The van der Waals surface area contributed by atoms with Crippen LogP contribution in [0.4, 0.5) is 0 Å². The largest absolute Gasteiger partial charge is 0.504 e. The Labute approximate surface area is 97.7 Å².